The molecule has 0 saturated heterocycles. The number of nitrogens with zero attached hydrogens (tertiary/aromatic N) is 2. The second-order valence-corrected chi connectivity index (χ2v) is 5.57. The highest BCUT2D eigenvalue weighted by atomic mass is 16.5. The molecule has 0 bridgehead atoms. The summed E-state index contributed by atoms with van der Waals surface area (Å²) in [5.74, 6) is 1.41. The molecular weight excluding hydrogens is 322 g/mol. The highest BCUT2D eigenvalue weighted by Crippen LogP contribution is 2.23. The third-order valence-corrected chi connectivity index (χ3v) is 3.64. The zero-order chi connectivity index (χ0) is 17.6. The average molecular weight is 341 g/mol. The number of amides is 1. The number of hydrogen-bond donors (Lipinski definition) is 1. The van der Waals surface area contributed by atoms with Crippen molar-refractivity contribution in [3.63, 3.8) is 0 Å². The Labute approximate surface area is 145 Å². The van der Waals surface area contributed by atoms with E-state index < -0.39 is 0 Å². The van der Waals surface area contributed by atoms with Crippen LogP contribution in [0.2, 0.25) is 0 Å². The number of rotatable bonds is 7. The first-order valence-corrected chi connectivity index (χ1v) is 7.90. The molecule has 1 N–H and O–H groups in total. The van der Waals surface area contributed by atoms with E-state index in [1.54, 1.807) is 19.4 Å². The van der Waals surface area contributed by atoms with Gasteiger partial charge in [0.1, 0.15) is 5.76 Å². The number of methoxy groups -OCH3 is 1. The minimum absolute atomic E-state index is 0.117. The lowest BCUT2D eigenvalue weighted by Crippen LogP contribution is -2.12. The Morgan fingerprint density at radius 2 is 2.16 bits per heavy atom. The third kappa shape index (κ3) is 4.33. The summed E-state index contributed by atoms with van der Waals surface area (Å²) in [7, 11) is 1.63. The number of ether oxygens (including phenoxy) is 1. The minimum Gasteiger partial charge on any atom is -0.469 e. The largest absolute Gasteiger partial charge is 0.469 e. The summed E-state index contributed by atoms with van der Waals surface area (Å²) < 4.78 is 15.9. The van der Waals surface area contributed by atoms with Gasteiger partial charge in [-0.1, -0.05) is 12.1 Å². The predicted molar refractivity (Wildman–Crippen MR) is 90.8 cm³/mol. The summed E-state index contributed by atoms with van der Waals surface area (Å²) in [5.41, 5.74) is 2.50. The molecule has 3 rings (SSSR count). The topological polar surface area (TPSA) is 90.4 Å². The maximum atomic E-state index is 12.1. The van der Waals surface area contributed by atoms with E-state index in [-0.39, 0.29) is 12.3 Å². The van der Waals surface area contributed by atoms with Crippen LogP contribution in [-0.2, 0) is 22.6 Å². The quantitative estimate of drug-likeness (QED) is 0.709. The van der Waals surface area contributed by atoms with Crippen LogP contribution in [0.3, 0.4) is 0 Å². The zero-order valence-corrected chi connectivity index (χ0v) is 14.1. The molecule has 7 nitrogen and oxygen atoms in total. The summed E-state index contributed by atoms with van der Waals surface area (Å²) in [6, 6.07) is 9.31. The first-order chi connectivity index (χ1) is 12.2. The Balaban J connectivity index is 1.55. The molecule has 3 aromatic rings. The van der Waals surface area contributed by atoms with Crippen LogP contribution in [-0.4, -0.2) is 23.2 Å². The number of nitrogens with one attached hydrogen (secondary N) is 1. The Bertz CT molecular complexity index is 853. The second-order valence-electron chi connectivity index (χ2n) is 5.57. The summed E-state index contributed by atoms with van der Waals surface area (Å²) >= 11 is 0. The van der Waals surface area contributed by atoms with Crippen molar-refractivity contribution in [1.29, 1.82) is 0 Å². The number of carbonyl (C=O) groups excluding carboxylic acids is 1. The van der Waals surface area contributed by atoms with Gasteiger partial charge in [0.25, 0.3) is 5.89 Å². The van der Waals surface area contributed by atoms with Crippen molar-refractivity contribution in [2.45, 2.75) is 26.4 Å². The van der Waals surface area contributed by atoms with Crippen LogP contribution in [0, 0.1) is 6.92 Å². The van der Waals surface area contributed by atoms with Gasteiger partial charge < -0.3 is 18.9 Å². The first-order valence-electron chi connectivity index (χ1n) is 7.90. The van der Waals surface area contributed by atoms with E-state index in [1.807, 2.05) is 31.2 Å². The zero-order valence-electron chi connectivity index (χ0n) is 14.1. The standard InChI is InChI=1S/C18H19N3O4/c1-12-15(8-9-24-12)18-21-20-17(25-18)7-6-16(22)19-14-5-3-4-13(10-14)11-23-2/h3-5,8-10H,6-7,11H2,1-2H3,(H,19,22). The van der Waals surface area contributed by atoms with Crippen LogP contribution in [0.15, 0.2) is 45.4 Å². The molecule has 0 fully saturated rings. The lowest BCUT2D eigenvalue weighted by atomic mass is 10.2. The summed E-state index contributed by atoms with van der Waals surface area (Å²) in [4.78, 5) is 12.1. The maximum absolute atomic E-state index is 12.1. The SMILES string of the molecule is COCc1cccc(NC(=O)CCc2nnc(-c3ccoc3C)o2)c1. The molecule has 130 valence electrons. The molecule has 2 aromatic heterocycles. The van der Waals surface area contributed by atoms with Gasteiger partial charge in [-0.2, -0.15) is 0 Å². The van der Waals surface area contributed by atoms with Crippen molar-refractivity contribution < 1.29 is 18.4 Å². The fraction of sp³-hybridized carbons (Fsp3) is 0.278. The lowest BCUT2D eigenvalue weighted by molar-refractivity contribution is -0.116. The molecule has 0 aliphatic rings. The summed E-state index contributed by atoms with van der Waals surface area (Å²) in [6.07, 6.45) is 2.19. The maximum Gasteiger partial charge on any atom is 0.251 e. The van der Waals surface area contributed by atoms with Crippen LogP contribution in [0.25, 0.3) is 11.5 Å². The van der Waals surface area contributed by atoms with E-state index in [0.29, 0.717) is 30.6 Å². The van der Waals surface area contributed by atoms with Gasteiger partial charge in [0.2, 0.25) is 11.8 Å². The molecule has 0 radical (unpaired) electrons. The van der Waals surface area contributed by atoms with Crippen molar-refractivity contribution in [2.24, 2.45) is 0 Å². The van der Waals surface area contributed by atoms with Crippen molar-refractivity contribution in [1.82, 2.24) is 10.2 Å². The van der Waals surface area contributed by atoms with E-state index in [9.17, 15) is 4.79 Å². The van der Waals surface area contributed by atoms with Gasteiger partial charge >= 0.3 is 0 Å². The highest BCUT2D eigenvalue weighted by molar-refractivity contribution is 5.90. The predicted octanol–water partition coefficient (Wildman–Crippen LogP) is 3.36. The fourth-order valence-electron chi connectivity index (χ4n) is 2.42. The van der Waals surface area contributed by atoms with Gasteiger partial charge in [-0.15, -0.1) is 10.2 Å². The summed E-state index contributed by atoms with van der Waals surface area (Å²) in [5, 5.41) is 10.8. The average Bonchev–Trinajstić information content (AvgIpc) is 3.22. The molecule has 25 heavy (non-hydrogen) atoms. The lowest BCUT2D eigenvalue weighted by Gasteiger charge is -2.06. The molecule has 0 aliphatic heterocycles. The molecule has 2 heterocycles. The monoisotopic (exact) mass is 341 g/mol. The number of carbonyl (C=O) groups is 1. The van der Waals surface area contributed by atoms with Gasteiger partial charge in [-0.05, 0) is 30.7 Å². The van der Waals surface area contributed by atoms with E-state index in [1.165, 1.54) is 0 Å². The Hall–Kier alpha value is -2.93. The van der Waals surface area contributed by atoms with Crippen LogP contribution >= 0.6 is 0 Å². The van der Waals surface area contributed by atoms with Crippen LogP contribution < -0.4 is 5.32 Å². The van der Waals surface area contributed by atoms with Crippen molar-refractivity contribution in [2.75, 3.05) is 12.4 Å². The molecule has 1 amide bonds. The molecule has 1 aromatic carbocycles. The van der Waals surface area contributed by atoms with Gasteiger partial charge in [0, 0.05) is 25.6 Å². The van der Waals surface area contributed by atoms with Gasteiger partial charge in [0.15, 0.2) is 0 Å². The van der Waals surface area contributed by atoms with Crippen molar-refractivity contribution >= 4 is 11.6 Å². The van der Waals surface area contributed by atoms with E-state index in [2.05, 4.69) is 15.5 Å². The van der Waals surface area contributed by atoms with Gasteiger partial charge in [0.05, 0.1) is 18.4 Å². The Morgan fingerprint density at radius 1 is 1.28 bits per heavy atom. The molecule has 0 unspecified atom stereocenters. The number of furan rings is 1. The van der Waals surface area contributed by atoms with Gasteiger partial charge in [-0.25, -0.2) is 0 Å². The number of aromatic nitrogens is 2. The van der Waals surface area contributed by atoms with Crippen LogP contribution in [0.1, 0.15) is 23.6 Å². The number of hydrogen-bond acceptors (Lipinski definition) is 6. The molecule has 7 heteroatoms. The number of anilines is 1. The number of aryl methyl sites for hydroxylation is 2. The molecule has 0 aliphatic carbocycles. The smallest absolute Gasteiger partial charge is 0.251 e. The highest BCUT2D eigenvalue weighted by Gasteiger charge is 2.14. The van der Waals surface area contributed by atoms with E-state index >= 15 is 0 Å². The normalized spacial score (nSPS) is 10.8. The number of benzene rings is 1. The molecular formula is C18H19N3O4. The van der Waals surface area contributed by atoms with Crippen LogP contribution in [0.5, 0.6) is 0 Å². The Morgan fingerprint density at radius 3 is 2.92 bits per heavy atom. The molecule has 0 atom stereocenters. The fourth-order valence-corrected chi connectivity index (χ4v) is 2.42. The van der Waals surface area contributed by atoms with Crippen molar-refractivity contribution in [3.8, 4) is 11.5 Å². The summed E-state index contributed by atoms with van der Waals surface area (Å²) in [6.45, 7) is 2.33. The van der Waals surface area contributed by atoms with E-state index in [0.717, 1.165) is 16.8 Å². The minimum atomic E-state index is -0.117. The molecule has 0 spiro atoms. The van der Waals surface area contributed by atoms with Crippen molar-refractivity contribution in [3.05, 3.63) is 53.8 Å². The van der Waals surface area contributed by atoms with Gasteiger partial charge in [-0.3, -0.25) is 4.79 Å². The van der Waals surface area contributed by atoms with E-state index in [4.69, 9.17) is 13.6 Å². The Kier molecular flexibility index (Phi) is 5.25. The molecule has 0 saturated carbocycles. The van der Waals surface area contributed by atoms with Crippen LogP contribution in [0.4, 0.5) is 5.69 Å². The third-order valence-electron chi connectivity index (χ3n) is 3.64. The second kappa shape index (κ2) is 7.76. The first kappa shape index (κ1) is 16.9.